The molecule has 2 aromatic carbocycles. The highest BCUT2D eigenvalue weighted by molar-refractivity contribution is 5.89. The van der Waals surface area contributed by atoms with Crippen molar-refractivity contribution in [3.8, 4) is 5.75 Å². The Labute approximate surface area is 149 Å². The fourth-order valence-electron chi connectivity index (χ4n) is 3.32. The predicted octanol–water partition coefficient (Wildman–Crippen LogP) is 3.65. The van der Waals surface area contributed by atoms with Crippen molar-refractivity contribution < 1.29 is 9.53 Å². The summed E-state index contributed by atoms with van der Waals surface area (Å²) in [5.41, 5.74) is 1.90. The molecule has 2 amide bonds. The minimum absolute atomic E-state index is 0.111. The van der Waals surface area contributed by atoms with E-state index in [0.29, 0.717) is 6.54 Å². The second-order valence-corrected chi connectivity index (χ2v) is 6.20. The van der Waals surface area contributed by atoms with Gasteiger partial charge in [0.1, 0.15) is 5.75 Å². The molecule has 3 rings (SSSR count). The number of benzene rings is 2. The van der Waals surface area contributed by atoms with Gasteiger partial charge in [0.05, 0.1) is 13.2 Å². The number of rotatable bonds is 6. The van der Waals surface area contributed by atoms with Crippen molar-refractivity contribution in [2.24, 2.45) is 0 Å². The van der Waals surface area contributed by atoms with Crippen LogP contribution in [0.1, 0.15) is 24.4 Å². The molecule has 1 fully saturated rings. The lowest BCUT2D eigenvalue weighted by atomic mass is 10.0. The molecular formula is C20H25N3O2. The van der Waals surface area contributed by atoms with Gasteiger partial charge in [0.2, 0.25) is 0 Å². The summed E-state index contributed by atoms with van der Waals surface area (Å²) in [6.45, 7) is 2.63. The highest BCUT2D eigenvalue weighted by Crippen LogP contribution is 2.31. The van der Waals surface area contributed by atoms with Crippen LogP contribution < -0.4 is 15.4 Å². The third kappa shape index (κ3) is 4.51. The lowest BCUT2D eigenvalue weighted by molar-refractivity contribution is 0.224. The molecule has 0 bridgehead atoms. The standard InChI is InChI=1S/C20H25N3O2/c1-25-19-12-6-5-11-17(19)18(23-13-7-8-14-23)15-21-20(24)22-16-9-3-2-4-10-16/h2-6,9-12,18H,7-8,13-15H2,1H3,(H2,21,22,24)/t18-/m0/s1. The van der Waals surface area contributed by atoms with Crippen molar-refractivity contribution in [3.63, 3.8) is 0 Å². The van der Waals surface area contributed by atoms with E-state index in [1.807, 2.05) is 48.5 Å². The molecule has 132 valence electrons. The summed E-state index contributed by atoms with van der Waals surface area (Å²) < 4.78 is 5.53. The summed E-state index contributed by atoms with van der Waals surface area (Å²) >= 11 is 0. The minimum atomic E-state index is -0.190. The highest BCUT2D eigenvalue weighted by Gasteiger charge is 2.26. The van der Waals surface area contributed by atoms with Crippen LogP contribution in [0.25, 0.3) is 0 Å². The highest BCUT2D eigenvalue weighted by atomic mass is 16.5. The van der Waals surface area contributed by atoms with E-state index >= 15 is 0 Å². The fourth-order valence-corrected chi connectivity index (χ4v) is 3.32. The van der Waals surface area contributed by atoms with Gasteiger partial charge in [-0.05, 0) is 44.1 Å². The van der Waals surface area contributed by atoms with E-state index in [0.717, 1.165) is 30.1 Å². The number of hydrogen-bond donors (Lipinski definition) is 2. The molecular weight excluding hydrogens is 314 g/mol. The first-order valence-electron chi connectivity index (χ1n) is 8.75. The average molecular weight is 339 g/mol. The van der Waals surface area contributed by atoms with Crippen LogP contribution in [0.5, 0.6) is 5.75 Å². The van der Waals surface area contributed by atoms with E-state index in [9.17, 15) is 4.79 Å². The van der Waals surface area contributed by atoms with E-state index in [2.05, 4.69) is 21.6 Å². The number of anilines is 1. The van der Waals surface area contributed by atoms with Crippen molar-refractivity contribution in [2.45, 2.75) is 18.9 Å². The fraction of sp³-hybridized carbons (Fsp3) is 0.350. The van der Waals surface area contributed by atoms with Gasteiger partial charge < -0.3 is 15.4 Å². The van der Waals surface area contributed by atoms with Gasteiger partial charge in [-0.1, -0.05) is 36.4 Å². The van der Waals surface area contributed by atoms with Gasteiger partial charge in [-0.2, -0.15) is 0 Å². The van der Waals surface area contributed by atoms with E-state index < -0.39 is 0 Å². The van der Waals surface area contributed by atoms with Crippen LogP contribution in [-0.4, -0.2) is 37.7 Å². The van der Waals surface area contributed by atoms with Crippen LogP contribution in [0.4, 0.5) is 10.5 Å². The van der Waals surface area contributed by atoms with Gasteiger partial charge in [-0.3, -0.25) is 4.90 Å². The Balaban J connectivity index is 1.69. The second kappa shape index (κ2) is 8.53. The van der Waals surface area contributed by atoms with E-state index in [1.54, 1.807) is 7.11 Å². The topological polar surface area (TPSA) is 53.6 Å². The molecule has 0 unspecified atom stereocenters. The number of urea groups is 1. The third-order valence-electron chi connectivity index (χ3n) is 4.57. The van der Waals surface area contributed by atoms with Crippen molar-refractivity contribution in [1.82, 2.24) is 10.2 Å². The number of nitrogens with one attached hydrogen (secondary N) is 2. The Kier molecular flexibility index (Phi) is 5.90. The number of para-hydroxylation sites is 2. The van der Waals surface area contributed by atoms with E-state index in [4.69, 9.17) is 4.74 Å². The zero-order valence-electron chi connectivity index (χ0n) is 14.6. The molecule has 1 heterocycles. The molecule has 1 aliphatic rings. The number of nitrogens with zero attached hydrogens (tertiary/aromatic N) is 1. The summed E-state index contributed by atoms with van der Waals surface area (Å²) in [5, 5.41) is 5.88. The first-order valence-corrected chi connectivity index (χ1v) is 8.75. The lowest BCUT2D eigenvalue weighted by Gasteiger charge is -2.29. The monoisotopic (exact) mass is 339 g/mol. The number of methoxy groups -OCH3 is 1. The number of hydrogen-bond acceptors (Lipinski definition) is 3. The zero-order chi connectivity index (χ0) is 17.5. The molecule has 2 N–H and O–H groups in total. The molecule has 5 nitrogen and oxygen atoms in total. The molecule has 2 aromatic rings. The molecule has 0 aliphatic carbocycles. The van der Waals surface area contributed by atoms with Crippen molar-refractivity contribution in [3.05, 3.63) is 60.2 Å². The van der Waals surface area contributed by atoms with Gasteiger partial charge >= 0.3 is 6.03 Å². The summed E-state index contributed by atoms with van der Waals surface area (Å²) in [6, 6.07) is 17.4. The van der Waals surface area contributed by atoms with E-state index in [1.165, 1.54) is 12.8 Å². The van der Waals surface area contributed by atoms with Crippen molar-refractivity contribution in [2.75, 3.05) is 32.1 Å². The molecule has 0 aromatic heterocycles. The Morgan fingerprint density at radius 1 is 1.08 bits per heavy atom. The summed E-state index contributed by atoms with van der Waals surface area (Å²) in [4.78, 5) is 14.7. The molecule has 5 heteroatoms. The maximum Gasteiger partial charge on any atom is 0.319 e. The van der Waals surface area contributed by atoms with Crippen LogP contribution in [0.2, 0.25) is 0 Å². The third-order valence-corrected chi connectivity index (χ3v) is 4.57. The summed E-state index contributed by atoms with van der Waals surface area (Å²) in [7, 11) is 1.69. The van der Waals surface area contributed by atoms with Crippen LogP contribution >= 0.6 is 0 Å². The van der Waals surface area contributed by atoms with Gasteiger partial charge in [0, 0.05) is 17.8 Å². The maximum absolute atomic E-state index is 12.2. The maximum atomic E-state index is 12.2. The van der Waals surface area contributed by atoms with Crippen molar-refractivity contribution in [1.29, 1.82) is 0 Å². The Hall–Kier alpha value is -2.53. The molecule has 0 saturated carbocycles. The van der Waals surface area contributed by atoms with Crippen LogP contribution in [0.3, 0.4) is 0 Å². The van der Waals surface area contributed by atoms with Gasteiger partial charge in [0.25, 0.3) is 0 Å². The van der Waals surface area contributed by atoms with Gasteiger partial charge in [-0.25, -0.2) is 4.79 Å². The first-order chi connectivity index (χ1) is 12.3. The molecule has 25 heavy (non-hydrogen) atoms. The normalized spacial score (nSPS) is 15.6. The smallest absolute Gasteiger partial charge is 0.319 e. The Bertz CT molecular complexity index is 684. The summed E-state index contributed by atoms with van der Waals surface area (Å²) in [6.07, 6.45) is 2.39. The van der Waals surface area contributed by atoms with Crippen molar-refractivity contribution >= 4 is 11.7 Å². The Morgan fingerprint density at radius 3 is 2.48 bits per heavy atom. The number of ether oxygens (including phenoxy) is 1. The largest absolute Gasteiger partial charge is 0.496 e. The minimum Gasteiger partial charge on any atom is -0.496 e. The summed E-state index contributed by atoms with van der Waals surface area (Å²) in [5.74, 6) is 0.865. The average Bonchev–Trinajstić information content (AvgIpc) is 3.17. The van der Waals surface area contributed by atoms with Gasteiger partial charge in [-0.15, -0.1) is 0 Å². The molecule has 1 aliphatic heterocycles. The first kappa shape index (κ1) is 17.3. The second-order valence-electron chi connectivity index (χ2n) is 6.20. The number of likely N-dealkylation sites (tertiary alicyclic amines) is 1. The van der Waals surface area contributed by atoms with E-state index in [-0.39, 0.29) is 12.1 Å². The molecule has 1 saturated heterocycles. The predicted molar refractivity (Wildman–Crippen MR) is 100 cm³/mol. The van der Waals surface area contributed by atoms with Crippen LogP contribution in [0, 0.1) is 0 Å². The lowest BCUT2D eigenvalue weighted by Crippen LogP contribution is -2.38. The molecule has 0 spiro atoms. The number of amides is 2. The van der Waals surface area contributed by atoms with Crippen LogP contribution in [-0.2, 0) is 0 Å². The Morgan fingerprint density at radius 2 is 1.76 bits per heavy atom. The SMILES string of the molecule is COc1ccccc1[C@H](CNC(=O)Nc1ccccc1)N1CCCC1. The number of carbonyl (C=O) groups is 1. The van der Waals surface area contributed by atoms with Crippen LogP contribution in [0.15, 0.2) is 54.6 Å². The zero-order valence-corrected chi connectivity index (χ0v) is 14.6. The van der Waals surface area contributed by atoms with Gasteiger partial charge in [0.15, 0.2) is 0 Å². The number of carbonyl (C=O) groups excluding carboxylic acids is 1. The molecule has 1 atom stereocenters. The molecule has 0 radical (unpaired) electrons. The quantitative estimate of drug-likeness (QED) is 0.844.